The van der Waals surface area contributed by atoms with Gasteiger partial charge in [0.05, 0.1) is 0 Å². The maximum absolute atomic E-state index is 12.5. The van der Waals surface area contributed by atoms with Gasteiger partial charge in [-0.3, -0.25) is 4.79 Å². The van der Waals surface area contributed by atoms with Gasteiger partial charge < -0.3 is 4.57 Å². The van der Waals surface area contributed by atoms with E-state index in [1.165, 1.54) is 0 Å². The lowest BCUT2D eigenvalue weighted by Gasteiger charge is -2.11. The average Bonchev–Trinajstić information content (AvgIpc) is 2.43. The molecule has 98 valence electrons. The Morgan fingerprint density at radius 2 is 1.47 bits per heavy atom. The minimum atomic E-state index is -2.45. The van der Waals surface area contributed by atoms with E-state index in [1.54, 1.807) is 24.3 Å². The minimum Gasteiger partial charge on any atom is -0.313 e. The van der Waals surface area contributed by atoms with Gasteiger partial charge in [-0.25, -0.2) is 0 Å². The van der Waals surface area contributed by atoms with Crippen LogP contribution in [-0.4, -0.2) is 5.52 Å². The van der Waals surface area contributed by atoms with E-state index >= 15 is 0 Å². The van der Waals surface area contributed by atoms with Gasteiger partial charge in [0.25, 0.3) is 0 Å². The second-order valence-electron chi connectivity index (χ2n) is 4.72. The maximum Gasteiger partial charge on any atom is 0.223 e. The van der Waals surface area contributed by atoms with Crippen molar-refractivity contribution in [2.75, 3.05) is 0 Å². The zero-order valence-corrected chi connectivity index (χ0v) is 12.4. The molecule has 0 heterocycles. The summed E-state index contributed by atoms with van der Waals surface area (Å²) in [6.45, 7) is 5.76. The first-order valence-electron chi connectivity index (χ1n) is 6.23. The van der Waals surface area contributed by atoms with E-state index in [0.717, 1.165) is 16.7 Å². The molecule has 2 rings (SSSR count). The second kappa shape index (κ2) is 5.54. The zero-order valence-electron chi connectivity index (χ0n) is 11.4. The first kappa shape index (κ1) is 13.8. The fraction of sp³-hybridized carbons (Fsp3) is 0.188. The van der Waals surface area contributed by atoms with Crippen LogP contribution >= 0.6 is 7.80 Å². The third kappa shape index (κ3) is 2.69. The third-order valence-electron chi connectivity index (χ3n) is 3.41. The molecule has 0 aliphatic carbocycles. The monoisotopic (exact) mass is 272 g/mol. The van der Waals surface area contributed by atoms with Crippen LogP contribution in [-0.2, 0) is 4.57 Å². The molecular formula is C16H17O2P. The van der Waals surface area contributed by atoms with E-state index in [9.17, 15) is 9.36 Å². The lowest BCUT2D eigenvalue weighted by molar-refractivity contribution is 0.107. The Labute approximate surface area is 114 Å². The molecule has 1 unspecified atom stereocenters. The van der Waals surface area contributed by atoms with Crippen LogP contribution in [0.25, 0.3) is 0 Å². The van der Waals surface area contributed by atoms with E-state index in [0.29, 0.717) is 10.9 Å². The van der Waals surface area contributed by atoms with Gasteiger partial charge in [0.2, 0.25) is 5.52 Å². The van der Waals surface area contributed by atoms with Gasteiger partial charge in [-0.05, 0) is 37.5 Å². The molecule has 0 amide bonds. The molecule has 19 heavy (non-hydrogen) atoms. The third-order valence-corrected chi connectivity index (χ3v) is 4.93. The Morgan fingerprint density at radius 1 is 0.895 bits per heavy atom. The molecule has 0 bridgehead atoms. The Balaban J connectivity index is 2.46. The fourth-order valence-corrected chi connectivity index (χ4v) is 3.50. The van der Waals surface area contributed by atoms with Crippen molar-refractivity contribution >= 4 is 18.6 Å². The van der Waals surface area contributed by atoms with Crippen LogP contribution in [0.1, 0.15) is 27.0 Å². The Bertz CT molecular complexity index is 645. The molecule has 0 radical (unpaired) electrons. The Morgan fingerprint density at radius 3 is 2.11 bits per heavy atom. The summed E-state index contributed by atoms with van der Waals surface area (Å²) >= 11 is 0. The molecule has 0 saturated carbocycles. The van der Waals surface area contributed by atoms with Crippen LogP contribution in [0, 0.1) is 20.8 Å². The molecule has 0 aliphatic heterocycles. The molecule has 2 aromatic rings. The first-order chi connectivity index (χ1) is 9.02. The first-order valence-corrected chi connectivity index (χ1v) is 7.64. The molecule has 2 aromatic carbocycles. The minimum absolute atomic E-state index is 0.241. The second-order valence-corrected chi connectivity index (χ2v) is 6.41. The van der Waals surface area contributed by atoms with Gasteiger partial charge in [-0.2, -0.15) is 0 Å². The SMILES string of the molecule is Cc1ccc(C)c(C(=O)[PH](=O)c2ccccc2)c1C. The van der Waals surface area contributed by atoms with Gasteiger partial charge in [-0.15, -0.1) is 0 Å². The molecule has 0 N–H and O–H groups in total. The summed E-state index contributed by atoms with van der Waals surface area (Å²) < 4.78 is 12.4. The van der Waals surface area contributed by atoms with E-state index in [2.05, 4.69) is 0 Å². The van der Waals surface area contributed by atoms with Crippen LogP contribution in [0.2, 0.25) is 0 Å². The highest BCUT2D eigenvalue weighted by atomic mass is 31.1. The number of carbonyl (C=O) groups excluding carboxylic acids is 1. The predicted molar refractivity (Wildman–Crippen MR) is 80.1 cm³/mol. The average molecular weight is 272 g/mol. The van der Waals surface area contributed by atoms with Gasteiger partial charge in [0.15, 0.2) is 7.80 Å². The highest BCUT2D eigenvalue weighted by Gasteiger charge is 2.20. The summed E-state index contributed by atoms with van der Waals surface area (Å²) in [5, 5.41) is 0.623. The van der Waals surface area contributed by atoms with Crippen molar-refractivity contribution in [3.05, 3.63) is 64.7 Å². The van der Waals surface area contributed by atoms with Crippen LogP contribution in [0.15, 0.2) is 42.5 Å². The van der Waals surface area contributed by atoms with Crippen molar-refractivity contribution in [1.29, 1.82) is 0 Å². The van der Waals surface area contributed by atoms with Crippen LogP contribution in [0.5, 0.6) is 0 Å². The zero-order chi connectivity index (χ0) is 14.0. The summed E-state index contributed by atoms with van der Waals surface area (Å²) in [4.78, 5) is 12.5. The highest BCUT2D eigenvalue weighted by Crippen LogP contribution is 2.30. The van der Waals surface area contributed by atoms with Crippen LogP contribution in [0.3, 0.4) is 0 Å². The smallest absolute Gasteiger partial charge is 0.223 e. The topological polar surface area (TPSA) is 34.1 Å². The van der Waals surface area contributed by atoms with E-state index in [-0.39, 0.29) is 5.52 Å². The summed E-state index contributed by atoms with van der Waals surface area (Å²) in [6.07, 6.45) is 0. The Hall–Kier alpha value is -1.66. The molecular weight excluding hydrogens is 255 g/mol. The van der Waals surface area contributed by atoms with Gasteiger partial charge in [0, 0.05) is 10.9 Å². The quantitative estimate of drug-likeness (QED) is 0.799. The van der Waals surface area contributed by atoms with Crippen molar-refractivity contribution in [2.45, 2.75) is 20.8 Å². The van der Waals surface area contributed by atoms with Crippen molar-refractivity contribution < 1.29 is 9.36 Å². The molecule has 0 aliphatic rings. The molecule has 3 heteroatoms. The summed E-state index contributed by atoms with van der Waals surface area (Å²) in [5.74, 6) is 0. The number of hydrogen-bond donors (Lipinski definition) is 0. The summed E-state index contributed by atoms with van der Waals surface area (Å²) in [5.41, 5.74) is 3.25. The van der Waals surface area contributed by atoms with Crippen molar-refractivity contribution in [1.82, 2.24) is 0 Å². The van der Waals surface area contributed by atoms with Crippen LogP contribution < -0.4 is 5.30 Å². The molecule has 0 fully saturated rings. The lowest BCUT2D eigenvalue weighted by atomic mass is 9.99. The van der Waals surface area contributed by atoms with Gasteiger partial charge >= 0.3 is 0 Å². The normalized spacial score (nSPS) is 12.2. The fourth-order valence-electron chi connectivity index (χ4n) is 2.13. The van der Waals surface area contributed by atoms with Gasteiger partial charge in [0.1, 0.15) is 0 Å². The maximum atomic E-state index is 12.5. The lowest BCUT2D eigenvalue weighted by Crippen LogP contribution is -2.07. The highest BCUT2D eigenvalue weighted by molar-refractivity contribution is 7.71. The van der Waals surface area contributed by atoms with E-state index < -0.39 is 7.80 Å². The number of rotatable bonds is 3. The van der Waals surface area contributed by atoms with Crippen molar-refractivity contribution in [3.63, 3.8) is 0 Å². The number of benzene rings is 2. The van der Waals surface area contributed by atoms with Crippen molar-refractivity contribution in [2.24, 2.45) is 0 Å². The molecule has 0 spiro atoms. The van der Waals surface area contributed by atoms with E-state index in [1.807, 2.05) is 39.0 Å². The Kier molecular flexibility index (Phi) is 4.01. The number of hydrogen-bond acceptors (Lipinski definition) is 2. The van der Waals surface area contributed by atoms with E-state index in [4.69, 9.17) is 0 Å². The van der Waals surface area contributed by atoms with Gasteiger partial charge in [-0.1, -0.05) is 42.5 Å². The standard InChI is InChI=1S/C16H17O2P/c1-11-9-10-12(2)15(13(11)3)16(17)19(18)14-7-5-4-6-8-14/h4-10,19H,1-3H3. The molecule has 0 saturated heterocycles. The number of aryl methyl sites for hydroxylation is 2. The summed E-state index contributed by atoms with van der Waals surface area (Å²) in [7, 11) is -2.45. The molecule has 1 atom stereocenters. The summed E-state index contributed by atoms with van der Waals surface area (Å²) in [6, 6.07) is 12.9. The predicted octanol–water partition coefficient (Wildman–Crippen LogP) is 3.64. The molecule has 0 aromatic heterocycles. The van der Waals surface area contributed by atoms with Crippen LogP contribution in [0.4, 0.5) is 0 Å². The van der Waals surface area contributed by atoms with Crippen molar-refractivity contribution in [3.8, 4) is 0 Å². The number of carbonyl (C=O) groups is 1. The largest absolute Gasteiger partial charge is 0.313 e. The molecule has 2 nitrogen and oxygen atoms in total.